The van der Waals surface area contributed by atoms with Crippen molar-refractivity contribution in [3.63, 3.8) is 0 Å². The van der Waals surface area contributed by atoms with Crippen LogP contribution in [0, 0.1) is 0 Å². The molecule has 0 atom stereocenters. The second-order valence-corrected chi connectivity index (χ2v) is 6.63. The van der Waals surface area contributed by atoms with Crippen LogP contribution in [0.3, 0.4) is 0 Å². The molecule has 3 rings (SSSR count). The fraction of sp³-hybridized carbons (Fsp3) is 0.273. The number of ether oxygens (including phenoxy) is 2. The summed E-state index contributed by atoms with van der Waals surface area (Å²) in [6, 6.07) is 12.2. The molecule has 8 nitrogen and oxygen atoms in total. The van der Waals surface area contributed by atoms with Crippen molar-refractivity contribution in [2.24, 2.45) is 12.1 Å². The first-order valence-electron chi connectivity index (χ1n) is 9.65. The zero-order valence-electron chi connectivity index (χ0n) is 17.2. The summed E-state index contributed by atoms with van der Waals surface area (Å²) >= 11 is 0. The molecule has 0 unspecified atom stereocenters. The van der Waals surface area contributed by atoms with Gasteiger partial charge in [-0.1, -0.05) is 31.5 Å². The maximum Gasteiger partial charge on any atom is 0.292 e. The van der Waals surface area contributed by atoms with Gasteiger partial charge in [0.2, 0.25) is 0 Å². The van der Waals surface area contributed by atoms with Crippen LogP contribution in [0.15, 0.2) is 52.4 Å². The van der Waals surface area contributed by atoms with E-state index in [0.717, 1.165) is 23.1 Å². The van der Waals surface area contributed by atoms with Gasteiger partial charge in [-0.05, 0) is 36.2 Å². The topological polar surface area (TPSA) is 94.8 Å². The van der Waals surface area contributed by atoms with Crippen molar-refractivity contribution in [3.05, 3.63) is 64.1 Å². The number of nitrogens with one attached hydrogen (secondary N) is 1. The highest BCUT2D eigenvalue weighted by Gasteiger charge is 2.15. The highest BCUT2D eigenvalue weighted by molar-refractivity contribution is 6.04. The average molecular weight is 408 g/mol. The molecule has 0 aliphatic heterocycles. The smallest absolute Gasteiger partial charge is 0.292 e. The number of carbonyl (C=O) groups is 1. The minimum absolute atomic E-state index is 0.127. The van der Waals surface area contributed by atoms with Gasteiger partial charge < -0.3 is 9.47 Å². The molecule has 0 fully saturated rings. The van der Waals surface area contributed by atoms with E-state index in [4.69, 9.17) is 9.47 Å². The third kappa shape index (κ3) is 4.65. The molecule has 0 saturated heterocycles. The lowest BCUT2D eigenvalue weighted by Crippen LogP contribution is -2.27. The van der Waals surface area contributed by atoms with Crippen molar-refractivity contribution in [3.8, 4) is 11.5 Å². The van der Waals surface area contributed by atoms with Gasteiger partial charge in [0, 0.05) is 12.4 Å². The summed E-state index contributed by atoms with van der Waals surface area (Å²) in [7, 11) is 3.08. The van der Waals surface area contributed by atoms with Crippen molar-refractivity contribution in [1.82, 2.24) is 15.2 Å². The third-order valence-corrected chi connectivity index (χ3v) is 4.49. The number of benzene rings is 2. The number of nitrogens with zero attached hydrogens (tertiary/aromatic N) is 3. The van der Waals surface area contributed by atoms with Gasteiger partial charge >= 0.3 is 0 Å². The number of methoxy groups -OCH3 is 1. The predicted molar refractivity (Wildman–Crippen MR) is 115 cm³/mol. The molecular weight excluding hydrogens is 384 g/mol. The molecule has 1 amide bonds. The summed E-state index contributed by atoms with van der Waals surface area (Å²) in [5, 5.41) is 8.99. The minimum atomic E-state index is -0.510. The molecular formula is C22H24N4O4. The normalized spacial score (nSPS) is 11.0. The molecule has 3 aromatic rings. The van der Waals surface area contributed by atoms with Crippen molar-refractivity contribution in [1.29, 1.82) is 0 Å². The number of hydrogen-bond donors (Lipinski definition) is 1. The molecule has 0 spiro atoms. The van der Waals surface area contributed by atoms with Crippen molar-refractivity contribution in [2.45, 2.75) is 19.8 Å². The Labute approximate surface area is 174 Å². The van der Waals surface area contributed by atoms with Crippen LogP contribution in [0.25, 0.3) is 10.8 Å². The Kier molecular flexibility index (Phi) is 6.79. The second-order valence-electron chi connectivity index (χ2n) is 6.63. The number of amides is 1. The zero-order valence-corrected chi connectivity index (χ0v) is 17.2. The van der Waals surface area contributed by atoms with E-state index < -0.39 is 5.91 Å². The first-order chi connectivity index (χ1) is 14.5. The molecule has 0 bridgehead atoms. The summed E-state index contributed by atoms with van der Waals surface area (Å²) in [5.74, 6) is 0.740. The molecule has 1 heterocycles. The first kappa shape index (κ1) is 21.0. The zero-order chi connectivity index (χ0) is 21.5. The van der Waals surface area contributed by atoms with E-state index in [9.17, 15) is 9.59 Å². The molecule has 156 valence electrons. The Hall–Kier alpha value is -3.68. The second kappa shape index (κ2) is 9.69. The number of carbonyl (C=O) groups excluding carboxylic acids is 1. The maximum absolute atomic E-state index is 12.6. The van der Waals surface area contributed by atoms with Gasteiger partial charge in [0.15, 0.2) is 17.2 Å². The number of fused-ring (bicyclic) bond motifs is 1. The Morgan fingerprint density at radius 1 is 1.20 bits per heavy atom. The molecule has 30 heavy (non-hydrogen) atoms. The van der Waals surface area contributed by atoms with E-state index in [1.807, 2.05) is 6.07 Å². The summed E-state index contributed by atoms with van der Waals surface area (Å²) < 4.78 is 12.2. The van der Waals surface area contributed by atoms with Gasteiger partial charge in [0.05, 0.1) is 25.3 Å². The largest absolute Gasteiger partial charge is 0.493 e. The average Bonchev–Trinajstić information content (AvgIpc) is 2.77. The number of rotatable bonds is 8. The van der Waals surface area contributed by atoms with Crippen molar-refractivity contribution in [2.75, 3.05) is 13.7 Å². The van der Waals surface area contributed by atoms with Gasteiger partial charge in [-0.2, -0.15) is 10.2 Å². The lowest BCUT2D eigenvalue weighted by atomic mass is 10.1. The summed E-state index contributed by atoms with van der Waals surface area (Å²) in [6.45, 7) is 2.72. The van der Waals surface area contributed by atoms with Gasteiger partial charge in [-0.15, -0.1) is 0 Å². The van der Waals surface area contributed by atoms with Crippen LogP contribution >= 0.6 is 0 Å². The molecule has 0 aliphatic carbocycles. The van der Waals surface area contributed by atoms with Gasteiger partial charge in [-0.3, -0.25) is 9.59 Å². The van der Waals surface area contributed by atoms with E-state index in [0.29, 0.717) is 28.9 Å². The van der Waals surface area contributed by atoms with Crippen LogP contribution in [0.1, 0.15) is 35.8 Å². The molecule has 0 radical (unpaired) electrons. The van der Waals surface area contributed by atoms with E-state index >= 15 is 0 Å². The fourth-order valence-corrected chi connectivity index (χ4v) is 2.90. The summed E-state index contributed by atoms with van der Waals surface area (Å²) in [4.78, 5) is 24.8. The van der Waals surface area contributed by atoms with Gasteiger partial charge in [0.1, 0.15) is 0 Å². The van der Waals surface area contributed by atoms with E-state index in [-0.39, 0.29) is 11.3 Å². The van der Waals surface area contributed by atoms with Crippen LogP contribution < -0.4 is 20.5 Å². The summed E-state index contributed by atoms with van der Waals surface area (Å²) in [5.41, 5.74) is 3.05. The molecule has 0 saturated carbocycles. The Morgan fingerprint density at radius 3 is 2.70 bits per heavy atom. The lowest BCUT2D eigenvalue weighted by molar-refractivity contribution is 0.0950. The standard InChI is InChI=1S/C22H24N4O4/c1-4-5-12-30-18-11-10-15(13-19(18)29-3)14-23-24-21(27)20-16-8-6-7-9-17(16)22(28)26(2)25-20/h6-11,13-14H,4-5,12H2,1-3H3,(H,24,27). The number of unbranched alkanes of at least 4 members (excludes halogenated alkanes) is 1. The number of aromatic nitrogens is 2. The number of hydrazone groups is 1. The highest BCUT2D eigenvalue weighted by Crippen LogP contribution is 2.27. The highest BCUT2D eigenvalue weighted by atomic mass is 16.5. The molecule has 1 aromatic heterocycles. The Morgan fingerprint density at radius 2 is 1.97 bits per heavy atom. The summed E-state index contributed by atoms with van der Waals surface area (Å²) in [6.07, 6.45) is 3.51. The number of hydrogen-bond acceptors (Lipinski definition) is 6. The van der Waals surface area contributed by atoms with Crippen molar-refractivity contribution >= 4 is 22.9 Å². The Balaban J connectivity index is 1.76. The third-order valence-electron chi connectivity index (χ3n) is 4.49. The van der Waals surface area contributed by atoms with Gasteiger partial charge in [0.25, 0.3) is 11.5 Å². The maximum atomic E-state index is 12.6. The molecule has 0 aliphatic rings. The minimum Gasteiger partial charge on any atom is -0.493 e. The first-order valence-corrected chi connectivity index (χ1v) is 9.65. The van der Waals surface area contributed by atoms with E-state index in [2.05, 4.69) is 22.5 Å². The molecule has 8 heteroatoms. The molecule has 2 aromatic carbocycles. The Bertz CT molecular complexity index is 1140. The predicted octanol–water partition coefficient (Wildman–Crippen LogP) is 2.88. The fourth-order valence-electron chi connectivity index (χ4n) is 2.90. The monoisotopic (exact) mass is 408 g/mol. The van der Waals surface area contributed by atoms with Gasteiger partial charge in [-0.25, -0.2) is 10.1 Å². The van der Waals surface area contributed by atoms with Crippen LogP contribution in [0.5, 0.6) is 11.5 Å². The van der Waals surface area contributed by atoms with Crippen LogP contribution in [-0.2, 0) is 7.05 Å². The van der Waals surface area contributed by atoms with E-state index in [1.54, 1.807) is 43.5 Å². The number of aryl methyl sites for hydroxylation is 1. The van der Waals surface area contributed by atoms with Crippen LogP contribution in [-0.4, -0.2) is 35.6 Å². The van der Waals surface area contributed by atoms with Crippen LogP contribution in [0.2, 0.25) is 0 Å². The quantitative estimate of drug-likeness (QED) is 0.351. The molecule has 1 N–H and O–H groups in total. The lowest BCUT2D eigenvalue weighted by Gasteiger charge is -2.10. The van der Waals surface area contributed by atoms with E-state index in [1.165, 1.54) is 13.3 Å². The SMILES string of the molecule is CCCCOc1ccc(C=NNC(=O)c2nn(C)c(=O)c3ccccc23)cc1OC. The van der Waals surface area contributed by atoms with Crippen LogP contribution in [0.4, 0.5) is 0 Å². The van der Waals surface area contributed by atoms with Crippen molar-refractivity contribution < 1.29 is 14.3 Å².